The number of hydrogen-bond acceptors (Lipinski definition) is 4. The maximum absolute atomic E-state index is 13.0. The highest BCUT2D eigenvalue weighted by Crippen LogP contribution is 2.23. The summed E-state index contributed by atoms with van der Waals surface area (Å²) >= 11 is 0. The first-order chi connectivity index (χ1) is 12.2. The van der Waals surface area contributed by atoms with Crippen molar-refractivity contribution >= 4 is 22.7 Å². The predicted octanol–water partition coefficient (Wildman–Crippen LogP) is 1.37. The first kappa shape index (κ1) is 15.3. The van der Waals surface area contributed by atoms with Gasteiger partial charge in [0, 0.05) is 24.8 Å². The molecule has 0 saturated carbocycles. The van der Waals surface area contributed by atoms with Gasteiger partial charge < -0.3 is 10.2 Å². The van der Waals surface area contributed by atoms with E-state index in [2.05, 4.69) is 15.4 Å². The average Bonchev–Trinajstić information content (AvgIpc) is 3.14. The molecule has 1 aliphatic heterocycles. The van der Waals surface area contributed by atoms with Crippen molar-refractivity contribution in [1.29, 1.82) is 0 Å². The Balaban J connectivity index is 1.66. The number of amides is 2. The molecule has 2 amide bonds. The zero-order valence-corrected chi connectivity index (χ0v) is 13.7. The molecule has 7 nitrogen and oxygen atoms in total. The second-order valence-corrected chi connectivity index (χ2v) is 6.00. The zero-order chi connectivity index (χ0) is 17.4. The molecule has 0 radical (unpaired) electrons. The van der Waals surface area contributed by atoms with Crippen LogP contribution < -0.4 is 5.32 Å². The van der Waals surface area contributed by atoms with Crippen LogP contribution in [0.25, 0.3) is 10.9 Å². The Morgan fingerprint density at radius 3 is 2.92 bits per heavy atom. The maximum atomic E-state index is 13.0. The van der Waals surface area contributed by atoms with Gasteiger partial charge in [-0.25, -0.2) is 0 Å². The third-order valence-corrected chi connectivity index (χ3v) is 4.47. The van der Waals surface area contributed by atoms with E-state index in [1.165, 1.54) is 0 Å². The number of fused-ring (bicyclic) bond motifs is 2. The number of para-hydroxylation sites is 1. The summed E-state index contributed by atoms with van der Waals surface area (Å²) in [6, 6.07) is 10.8. The number of carbonyl (C=O) groups is 2. The van der Waals surface area contributed by atoms with Crippen molar-refractivity contribution in [2.45, 2.75) is 12.6 Å². The normalized spacial score (nSPS) is 16.5. The van der Waals surface area contributed by atoms with Crippen LogP contribution in [0.2, 0.25) is 0 Å². The molecule has 1 aromatic carbocycles. The van der Waals surface area contributed by atoms with E-state index < -0.39 is 6.04 Å². The van der Waals surface area contributed by atoms with Crippen molar-refractivity contribution in [3.63, 3.8) is 0 Å². The Morgan fingerprint density at radius 1 is 1.24 bits per heavy atom. The minimum absolute atomic E-state index is 0.139. The van der Waals surface area contributed by atoms with Crippen LogP contribution in [-0.4, -0.2) is 45.1 Å². The van der Waals surface area contributed by atoms with E-state index in [0.29, 0.717) is 12.1 Å². The van der Waals surface area contributed by atoms with E-state index in [9.17, 15) is 9.59 Å². The van der Waals surface area contributed by atoms with E-state index in [4.69, 9.17) is 0 Å². The maximum Gasteiger partial charge on any atom is 0.255 e. The largest absolute Gasteiger partial charge is 0.357 e. The van der Waals surface area contributed by atoms with Crippen molar-refractivity contribution in [2.24, 2.45) is 0 Å². The number of carbonyl (C=O) groups excluding carboxylic acids is 2. The van der Waals surface area contributed by atoms with Crippen molar-refractivity contribution in [1.82, 2.24) is 25.0 Å². The molecule has 0 spiro atoms. The highest BCUT2D eigenvalue weighted by molar-refractivity contribution is 5.97. The van der Waals surface area contributed by atoms with Crippen molar-refractivity contribution in [3.05, 3.63) is 60.0 Å². The van der Waals surface area contributed by atoms with E-state index in [0.717, 1.165) is 16.6 Å². The first-order valence-electron chi connectivity index (χ1n) is 8.05. The van der Waals surface area contributed by atoms with Gasteiger partial charge in [-0.3, -0.25) is 19.3 Å². The molecule has 0 aliphatic carbocycles. The van der Waals surface area contributed by atoms with Gasteiger partial charge >= 0.3 is 0 Å². The fourth-order valence-corrected chi connectivity index (χ4v) is 3.18. The van der Waals surface area contributed by atoms with Gasteiger partial charge in [-0.15, -0.1) is 0 Å². The lowest BCUT2D eigenvalue weighted by Gasteiger charge is -2.33. The number of nitrogens with one attached hydrogen (secondary N) is 1. The van der Waals surface area contributed by atoms with Gasteiger partial charge in [0.15, 0.2) is 0 Å². The van der Waals surface area contributed by atoms with Gasteiger partial charge in [0.25, 0.3) is 5.91 Å². The monoisotopic (exact) mass is 335 g/mol. The van der Waals surface area contributed by atoms with E-state index in [1.54, 1.807) is 29.0 Å². The van der Waals surface area contributed by atoms with Crippen LogP contribution >= 0.6 is 0 Å². The highest BCUT2D eigenvalue weighted by atomic mass is 16.2. The smallest absolute Gasteiger partial charge is 0.255 e. The molecule has 0 unspecified atom stereocenters. The first-order valence-corrected chi connectivity index (χ1v) is 8.05. The minimum atomic E-state index is -0.527. The lowest BCUT2D eigenvalue weighted by Crippen LogP contribution is -2.46. The predicted molar refractivity (Wildman–Crippen MR) is 91.8 cm³/mol. The van der Waals surface area contributed by atoms with Gasteiger partial charge in [-0.05, 0) is 18.2 Å². The number of hydrogen-bond donors (Lipinski definition) is 1. The molecule has 0 bridgehead atoms. The van der Waals surface area contributed by atoms with Gasteiger partial charge in [-0.2, -0.15) is 5.10 Å². The van der Waals surface area contributed by atoms with Crippen LogP contribution in [-0.2, 0) is 11.3 Å². The summed E-state index contributed by atoms with van der Waals surface area (Å²) in [5.41, 5.74) is 2.20. The second-order valence-electron chi connectivity index (χ2n) is 6.00. The summed E-state index contributed by atoms with van der Waals surface area (Å²) in [6.45, 7) is 0.694. The number of aromatic nitrogens is 3. The number of rotatable bonds is 2. The molecular formula is C18H17N5O2. The number of likely N-dealkylation sites (N-methyl/N-ethyl adjacent to an activating group) is 1. The standard InChI is InChI=1S/C18H17N5O2/c1-19-17(24)16-11-22(10-14-6-7-21-23(14)16)18(25)13-8-12-4-2-3-5-15(12)20-9-13/h2-9,16H,10-11H2,1H3,(H,19,24)/t16-/m1/s1. The Bertz CT molecular complexity index is 965. The Morgan fingerprint density at radius 2 is 2.08 bits per heavy atom. The Hall–Kier alpha value is -3.22. The van der Waals surface area contributed by atoms with E-state index >= 15 is 0 Å². The molecule has 25 heavy (non-hydrogen) atoms. The van der Waals surface area contributed by atoms with Gasteiger partial charge in [0.2, 0.25) is 5.91 Å². The molecule has 3 aromatic rings. The number of pyridine rings is 1. The highest BCUT2D eigenvalue weighted by Gasteiger charge is 2.33. The summed E-state index contributed by atoms with van der Waals surface area (Å²) in [5.74, 6) is -0.307. The van der Waals surface area contributed by atoms with Crippen molar-refractivity contribution < 1.29 is 9.59 Å². The molecule has 3 heterocycles. The van der Waals surface area contributed by atoms with Crippen LogP contribution in [0.1, 0.15) is 22.1 Å². The molecule has 7 heteroatoms. The summed E-state index contributed by atoms with van der Waals surface area (Å²) in [5, 5.41) is 7.77. The van der Waals surface area contributed by atoms with Crippen molar-refractivity contribution in [3.8, 4) is 0 Å². The molecule has 126 valence electrons. The fourth-order valence-electron chi connectivity index (χ4n) is 3.18. The van der Waals surface area contributed by atoms with Crippen LogP contribution in [0.4, 0.5) is 0 Å². The summed E-state index contributed by atoms with van der Waals surface area (Å²) in [6.07, 6.45) is 3.24. The third kappa shape index (κ3) is 2.63. The third-order valence-electron chi connectivity index (χ3n) is 4.47. The summed E-state index contributed by atoms with van der Waals surface area (Å²) in [4.78, 5) is 31.2. The van der Waals surface area contributed by atoms with E-state index in [1.807, 2.05) is 36.4 Å². The van der Waals surface area contributed by atoms with Crippen molar-refractivity contribution in [2.75, 3.05) is 13.6 Å². The molecule has 1 N–H and O–H groups in total. The Kier molecular flexibility index (Phi) is 3.68. The number of benzene rings is 1. The van der Waals surface area contributed by atoms with Crippen LogP contribution in [0, 0.1) is 0 Å². The second kappa shape index (κ2) is 6.01. The van der Waals surface area contributed by atoms with Crippen LogP contribution in [0.5, 0.6) is 0 Å². The molecule has 0 fully saturated rings. The molecule has 4 rings (SSSR count). The summed E-state index contributed by atoms with van der Waals surface area (Å²) in [7, 11) is 1.58. The molecule has 2 aromatic heterocycles. The van der Waals surface area contributed by atoms with Crippen LogP contribution in [0.3, 0.4) is 0 Å². The molecule has 1 aliphatic rings. The lowest BCUT2D eigenvalue weighted by atomic mass is 10.1. The minimum Gasteiger partial charge on any atom is -0.357 e. The zero-order valence-electron chi connectivity index (χ0n) is 13.7. The SMILES string of the molecule is CNC(=O)[C@H]1CN(C(=O)c2cnc3ccccc3c2)Cc2ccnn21. The average molecular weight is 335 g/mol. The fraction of sp³-hybridized carbons (Fsp3) is 0.222. The molecule has 0 saturated heterocycles. The van der Waals surface area contributed by atoms with E-state index in [-0.39, 0.29) is 18.4 Å². The van der Waals surface area contributed by atoms with Crippen LogP contribution in [0.15, 0.2) is 48.8 Å². The Labute approximate surface area is 144 Å². The van der Waals surface area contributed by atoms with Gasteiger partial charge in [-0.1, -0.05) is 18.2 Å². The lowest BCUT2D eigenvalue weighted by molar-refractivity contribution is -0.125. The summed E-state index contributed by atoms with van der Waals surface area (Å²) < 4.78 is 1.68. The van der Waals surface area contributed by atoms with Gasteiger partial charge in [0.1, 0.15) is 6.04 Å². The number of nitrogens with zero attached hydrogens (tertiary/aromatic N) is 4. The molecular weight excluding hydrogens is 318 g/mol. The topological polar surface area (TPSA) is 80.1 Å². The quantitative estimate of drug-likeness (QED) is 0.767. The molecule has 1 atom stereocenters. The van der Waals surface area contributed by atoms with Gasteiger partial charge in [0.05, 0.1) is 29.9 Å².